The second-order valence-corrected chi connectivity index (χ2v) is 9.37. The minimum atomic E-state index is -1.54. The number of esters is 1. The Morgan fingerprint density at radius 2 is 2.09 bits per heavy atom. The number of anilines is 1. The smallest absolute Gasteiger partial charge is 0.337 e. The molecule has 186 valence electrons. The van der Waals surface area contributed by atoms with E-state index in [-0.39, 0.29) is 11.8 Å². The van der Waals surface area contributed by atoms with Crippen molar-refractivity contribution in [3.8, 4) is 5.75 Å². The molecule has 0 radical (unpaired) electrons. The van der Waals surface area contributed by atoms with Crippen molar-refractivity contribution >= 4 is 23.3 Å². The first-order valence-electron chi connectivity index (χ1n) is 11.6. The van der Waals surface area contributed by atoms with Crippen LogP contribution in [0.4, 0.5) is 5.69 Å². The Labute approximate surface area is 205 Å². The van der Waals surface area contributed by atoms with Gasteiger partial charge in [0.2, 0.25) is 0 Å². The van der Waals surface area contributed by atoms with Gasteiger partial charge in [0.05, 0.1) is 44.8 Å². The second kappa shape index (κ2) is 9.32. The molecule has 0 bridgehead atoms. The minimum Gasteiger partial charge on any atom is -0.504 e. The van der Waals surface area contributed by atoms with Crippen LogP contribution in [0.2, 0.25) is 5.02 Å². The van der Waals surface area contributed by atoms with Crippen molar-refractivity contribution in [2.45, 2.75) is 44.1 Å². The van der Waals surface area contributed by atoms with Crippen LogP contribution in [0, 0.1) is 11.8 Å². The standard InChI is InChI=1S/C25H33ClN2O6/c1-6-15-13-28-9-8-24(34-7-2)22-19(10-16(26)11-20(22)32-4)27-25(24,30)21(28)12-17(15)18(14-31-3)23(29)33-5/h8-11,14-15,17,21,27,30H,6-7,12-13H2,1-5H3/b18-14+/t15-,17+,21+,24+,25+/m1/s1. The van der Waals surface area contributed by atoms with Crippen LogP contribution in [0.5, 0.6) is 5.75 Å². The maximum absolute atomic E-state index is 12.7. The Bertz CT molecular complexity index is 1010. The van der Waals surface area contributed by atoms with Gasteiger partial charge in [0.25, 0.3) is 0 Å². The number of hydrogen-bond acceptors (Lipinski definition) is 8. The fourth-order valence-corrected chi connectivity index (χ4v) is 6.12. The van der Waals surface area contributed by atoms with E-state index in [2.05, 4.69) is 17.1 Å². The van der Waals surface area contributed by atoms with Crippen LogP contribution in [0.15, 0.2) is 36.2 Å². The van der Waals surface area contributed by atoms with E-state index in [1.807, 2.05) is 19.2 Å². The summed E-state index contributed by atoms with van der Waals surface area (Å²) in [4.78, 5) is 14.8. The third-order valence-corrected chi connectivity index (χ3v) is 7.60. The summed E-state index contributed by atoms with van der Waals surface area (Å²) in [7, 11) is 4.45. The van der Waals surface area contributed by atoms with E-state index in [4.69, 9.17) is 30.5 Å². The first-order valence-corrected chi connectivity index (χ1v) is 12.0. The summed E-state index contributed by atoms with van der Waals surface area (Å²) in [6.45, 7) is 5.01. The molecule has 3 heterocycles. The Morgan fingerprint density at radius 3 is 2.71 bits per heavy atom. The monoisotopic (exact) mass is 492 g/mol. The molecule has 1 fully saturated rings. The zero-order valence-electron chi connectivity index (χ0n) is 20.3. The zero-order valence-corrected chi connectivity index (χ0v) is 21.0. The molecule has 34 heavy (non-hydrogen) atoms. The number of hydrogen-bond donors (Lipinski definition) is 2. The molecule has 1 aromatic rings. The third-order valence-electron chi connectivity index (χ3n) is 7.39. The maximum atomic E-state index is 12.7. The number of rotatable bonds is 7. The number of fused-ring (bicyclic) bond motifs is 5. The summed E-state index contributed by atoms with van der Waals surface area (Å²) in [6, 6.07) is 3.08. The number of aliphatic hydroxyl groups is 1. The number of benzene rings is 1. The van der Waals surface area contributed by atoms with Crippen LogP contribution in [0.3, 0.4) is 0 Å². The van der Waals surface area contributed by atoms with Crippen molar-refractivity contribution in [1.82, 2.24) is 4.90 Å². The van der Waals surface area contributed by atoms with E-state index in [0.29, 0.717) is 47.2 Å². The fourth-order valence-electron chi connectivity index (χ4n) is 5.91. The van der Waals surface area contributed by atoms with E-state index < -0.39 is 23.3 Å². The quantitative estimate of drug-likeness (QED) is 0.339. The van der Waals surface area contributed by atoms with Gasteiger partial charge in [0.15, 0.2) is 11.3 Å². The summed E-state index contributed by atoms with van der Waals surface area (Å²) in [6.07, 6.45) is 6.70. The van der Waals surface area contributed by atoms with Gasteiger partial charge in [-0.05, 0) is 43.7 Å². The lowest BCUT2D eigenvalue weighted by Gasteiger charge is -2.56. The van der Waals surface area contributed by atoms with Crippen LogP contribution in [0.1, 0.15) is 32.3 Å². The first kappa shape index (κ1) is 24.7. The predicted molar refractivity (Wildman–Crippen MR) is 129 cm³/mol. The SMILES string of the molecule is CCO[C@]12C=CN3C[C@@H](CC)[C@@H](/C(=C\OC)C(=O)OC)C[C@H]3[C@@]1(O)Nc1cc(Cl)cc(OC)c12. The van der Waals surface area contributed by atoms with Crippen molar-refractivity contribution in [3.63, 3.8) is 0 Å². The molecule has 0 unspecified atom stereocenters. The van der Waals surface area contributed by atoms with Gasteiger partial charge in [0, 0.05) is 29.8 Å². The predicted octanol–water partition coefficient (Wildman–Crippen LogP) is 3.64. The molecule has 1 aromatic carbocycles. The Morgan fingerprint density at radius 1 is 1.32 bits per heavy atom. The molecule has 0 spiro atoms. The second-order valence-electron chi connectivity index (χ2n) is 8.93. The fraction of sp³-hybridized carbons (Fsp3) is 0.560. The van der Waals surface area contributed by atoms with Crippen LogP contribution in [-0.2, 0) is 24.6 Å². The number of carbonyl (C=O) groups is 1. The zero-order chi connectivity index (χ0) is 24.7. The lowest BCUT2D eigenvalue weighted by Crippen LogP contribution is -2.69. The Balaban J connectivity index is 1.84. The molecule has 3 aliphatic heterocycles. The number of methoxy groups -OCH3 is 3. The Kier molecular flexibility index (Phi) is 6.77. The highest BCUT2D eigenvalue weighted by molar-refractivity contribution is 6.31. The number of carbonyl (C=O) groups excluding carboxylic acids is 1. The largest absolute Gasteiger partial charge is 0.504 e. The molecule has 5 atom stereocenters. The summed E-state index contributed by atoms with van der Waals surface area (Å²) in [5.41, 5.74) is -0.916. The highest BCUT2D eigenvalue weighted by Gasteiger charge is 2.66. The van der Waals surface area contributed by atoms with Crippen LogP contribution < -0.4 is 10.1 Å². The van der Waals surface area contributed by atoms with Gasteiger partial charge in [-0.15, -0.1) is 0 Å². The molecule has 3 aliphatic rings. The van der Waals surface area contributed by atoms with E-state index in [1.54, 1.807) is 19.2 Å². The van der Waals surface area contributed by atoms with Gasteiger partial charge in [0.1, 0.15) is 5.75 Å². The highest BCUT2D eigenvalue weighted by atomic mass is 35.5. The summed E-state index contributed by atoms with van der Waals surface area (Å²) in [5, 5.41) is 16.2. The Hall–Kier alpha value is -2.42. The molecule has 0 aromatic heterocycles. The van der Waals surface area contributed by atoms with Crippen molar-refractivity contribution in [2.24, 2.45) is 11.8 Å². The molecule has 1 saturated heterocycles. The molecule has 0 saturated carbocycles. The molecule has 2 N–H and O–H groups in total. The van der Waals surface area contributed by atoms with Crippen molar-refractivity contribution in [3.05, 3.63) is 46.8 Å². The molecular formula is C25H33ClN2O6. The molecule has 8 nitrogen and oxygen atoms in total. The number of halogens is 1. The molecular weight excluding hydrogens is 460 g/mol. The minimum absolute atomic E-state index is 0.164. The van der Waals surface area contributed by atoms with E-state index >= 15 is 0 Å². The van der Waals surface area contributed by atoms with Crippen LogP contribution >= 0.6 is 11.6 Å². The molecule has 0 amide bonds. The number of ether oxygens (including phenoxy) is 4. The molecule has 9 heteroatoms. The maximum Gasteiger partial charge on any atom is 0.337 e. The van der Waals surface area contributed by atoms with E-state index in [9.17, 15) is 9.90 Å². The number of nitrogens with zero attached hydrogens (tertiary/aromatic N) is 1. The van der Waals surface area contributed by atoms with Gasteiger partial charge in [-0.2, -0.15) is 0 Å². The van der Waals surface area contributed by atoms with Gasteiger partial charge in [-0.1, -0.05) is 24.9 Å². The topological polar surface area (TPSA) is 89.5 Å². The van der Waals surface area contributed by atoms with E-state index in [1.165, 1.54) is 20.5 Å². The van der Waals surface area contributed by atoms with Crippen molar-refractivity contribution in [2.75, 3.05) is 39.8 Å². The summed E-state index contributed by atoms with van der Waals surface area (Å²) < 4.78 is 22.3. The number of piperidine rings is 1. The highest BCUT2D eigenvalue weighted by Crippen LogP contribution is 2.58. The molecule has 4 rings (SSSR count). The molecule has 0 aliphatic carbocycles. The van der Waals surface area contributed by atoms with Crippen LogP contribution in [0.25, 0.3) is 0 Å². The van der Waals surface area contributed by atoms with Gasteiger partial charge in [-0.3, -0.25) is 0 Å². The number of nitrogens with one attached hydrogen (secondary N) is 1. The first-order chi connectivity index (χ1) is 16.3. The third kappa shape index (κ3) is 3.54. The van der Waals surface area contributed by atoms with E-state index in [0.717, 1.165) is 6.42 Å². The lowest BCUT2D eigenvalue weighted by molar-refractivity contribution is -0.187. The van der Waals surface area contributed by atoms with Crippen LogP contribution in [-0.4, -0.2) is 62.2 Å². The van der Waals surface area contributed by atoms with Gasteiger partial charge < -0.3 is 34.3 Å². The average molecular weight is 493 g/mol. The lowest BCUT2D eigenvalue weighted by atomic mass is 9.69. The van der Waals surface area contributed by atoms with Crippen molar-refractivity contribution in [1.29, 1.82) is 0 Å². The normalized spacial score (nSPS) is 31.8. The summed E-state index contributed by atoms with van der Waals surface area (Å²) >= 11 is 6.35. The van der Waals surface area contributed by atoms with Crippen molar-refractivity contribution < 1.29 is 28.8 Å². The average Bonchev–Trinajstić information content (AvgIpc) is 3.09. The van der Waals surface area contributed by atoms with Gasteiger partial charge >= 0.3 is 5.97 Å². The van der Waals surface area contributed by atoms with Gasteiger partial charge in [-0.25, -0.2) is 4.79 Å². The summed E-state index contributed by atoms with van der Waals surface area (Å²) in [5.74, 6) is 0.0944.